The van der Waals surface area contributed by atoms with Crippen LogP contribution in [0.2, 0.25) is 5.02 Å². The highest BCUT2D eigenvalue weighted by molar-refractivity contribution is 6.36. The van der Waals surface area contributed by atoms with Crippen molar-refractivity contribution in [1.82, 2.24) is 19.4 Å². The van der Waals surface area contributed by atoms with Gasteiger partial charge in [0.2, 0.25) is 0 Å². The van der Waals surface area contributed by atoms with Gasteiger partial charge in [0.1, 0.15) is 11.5 Å². The summed E-state index contributed by atoms with van der Waals surface area (Å²) < 4.78 is 18.1. The quantitative estimate of drug-likeness (QED) is 0.332. The zero-order valence-electron chi connectivity index (χ0n) is 21.3. The minimum Gasteiger partial charge on any atom is -0.355 e. The highest BCUT2D eigenvalue weighted by atomic mass is 35.5. The molecule has 37 heavy (non-hydrogen) atoms. The van der Waals surface area contributed by atoms with E-state index in [2.05, 4.69) is 19.8 Å². The Bertz CT molecular complexity index is 1530. The molecule has 2 bridgehead atoms. The van der Waals surface area contributed by atoms with Crippen LogP contribution in [0.3, 0.4) is 0 Å². The Kier molecular flexibility index (Phi) is 6.37. The lowest BCUT2D eigenvalue weighted by molar-refractivity contribution is 0.385. The Balaban J connectivity index is 1.56. The van der Waals surface area contributed by atoms with Gasteiger partial charge in [0.15, 0.2) is 5.82 Å². The smallest absolute Gasteiger partial charge is 0.350 e. The molecule has 3 heterocycles. The second-order valence-electron chi connectivity index (χ2n) is 10.8. The van der Waals surface area contributed by atoms with Gasteiger partial charge in [-0.05, 0) is 69.6 Å². The molecule has 2 aromatic heterocycles. The summed E-state index contributed by atoms with van der Waals surface area (Å²) in [5.41, 5.74) is 0.680. The average molecular weight is 520 g/mol. The summed E-state index contributed by atoms with van der Waals surface area (Å²) in [6.07, 6.45) is 6.05. The van der Waals surface area contributed by atoms with E-state index in [0.29, 0.717) is 46.6 Å². The van der Waals surface area contributed by atoms with Gasteiger partial charge in [-0.25, -0.2) is 9.18 Å². The number of aryl methyl sites for hydroxylation is 1. The van der Waals surface area contributed by atoms with Crippen LogP contribution in [0.1, 0.15) is 25.7 Å². The number of rotatable bonds is 6. The van der Waals surface area contributed by atoms with Crippen LogP contribution in [0, 0.1) is 17.7 Å². The van der Waals surface area contributed by atoms with E-state index in [-0.39, 0.29) is 11.2 Å². The number of pyridine rings is 1. The molecule has 1 saturated carbocycles. The zero-order valence-corrected chi connectivity index (χ0v) is 22.0. The summed E-state index contributed by atoms with van der Waals surface area (Å²) in [5.74, 6) is 1.27. The van der Waals surface area contributed by atoms with Gasteiger partial charge in [0.25, 0.3) is 0 Å². The van der Waals surface area contributed by atoms with E-state index >= 15 is 4.39 Å². The first-order valence-corrected chi connectivity index (χ1v) is 13.4. The molecule has 192 valence electrons. The molecule has 0 amide bonds. The SMILES string of the molecule is CN(C)CCCn1c(=O)nc(N2CC3CCC(C3)C2)c2cnc(-c3cccc4cccc(Cl)c34)c(F)c21. The van der Waals surface area contributed by atoms with Crippen LogP contribution in [0.5, 0.6) is 0 Å². The van der Waals surface area contributed by atoms with Gasteiger partial charge in [-0.3, -0.25) is 9.55 Å². The molecule has 6 rings (SSSR count). The van der Waals surface area contributed by atoms with Crippen LogP contribution in [-0.4, -0.2) is 53.2 Å². The molecular formula is C29H31ClFN5O. The summed E-state index contributed by atoms with van der Waals surface area (Å²) in [7, 11) is 3.97. The first-order valence-electron chi connectivity index (χ1n) is 13.1. The van der Waals surface area contributed by atoms with E-state index in [1.807, 2.05) is 44.4 Å². The fraction of sp³-hybridized carbons (Fsp3) is 0.414. The zero-order chi connectivity index (χ0) is 25.7. The Morgan fingerprint density at radius 2 is 1.84 bits per heavy atom. The number of piperidine rings is 1. The van der Waals surface area contributed by atoms with Gasteiger partial charge in [0, 0.05) is 41.8 Å². The lowest BCUT2D eigenvalue weighted by Gasteiger charge is -2.33. The minimum absolute atomic E-state index is 0.197. The number of hydrogen-bond donors (Lipinski definition) is 0. The van der Waals surface area contributed by atoms with Crippen LogP contribution in [-0.2, 0) is 6.54 Å². The molecule has 2 fully saturated rings. The summed E-state index contributed by atoms with van der Waals surface area (Å²) >= 11 is 6.57. The second kappa shape index (κ2) is 9.69. The number of anilines is 1. The summed E-state index contributed by atoms with van der Waals surface area (Å²) in [6.45, 7) is 2.86. The summed E-state index contributed by atoms with van der Waals surface area (Å²) in [4.78, 5) is 26.8. The van der Waals surface area contributed by atoms with Gasteiger partial charge in [-0.1, -0.05) is 41.9 Å². The standard InChI is InChI=1S/C29H31ClFN5O/c1-34(2)12-5-13-36-27-22(28(33-29(36)37)35-16-18-10-11-19(14-18)17-35)15-32-26(25(27)31)21-8-3-6-20-7-4-9-23(30)24(20)21/h3-4,6-9,15,18-19H,5,10-14,16-17H2,1-2H3. The third-order valence-electron chi connectivity index (χ3n) is 7.94. The van der Waals surface area contributed by atoms with Crippen molar-refractivity contribution in [2.75, 3.05) is 38.6 Å². The van der Waals surface area contributed by atoms with Gasteiger partial charge in [-0.2, -0.15) is 4.98 Å². The lowest BCUT2D eigenvalue weighted by atomic mass is 9.98. The van der Waals surface area contributed by atoms with Gasteiger partial charge in [-0.15, -0.1) is 0 Å². The maximum Gasteiger partial charge on any atom is 0.350 e. The second-order valence-corrected chi connectivity index (χ2v) is 11.2. The van der Waals surface area contributed by atoms with E-state index in [9.17, 15) is 4.79 Å². The van der Waals surface area contributed by atoms with Crippen molar-refractivity contribution in [3.63, 3.8) is 0 Å². The third kappa shape index (κ3) is 4.38. The lowest BCUT2D eigenvalue weighted by Crippen LogP contribution is -2.39. The van der Waals surface area contributed by atoms with Crippen molar-refractivity contribution in [1.29, 1.82) is 0 Å². The molecule has 2 aliphatic rings. The van der Waals surface area contributed by atoms with Crippen molar-refractivity contribution in [2.24, 2.45) is 11.8 Å². The van der Waals surface area contributed by atoms with Crippen molar-refractivity contribution in [3.8, 4) is 11.3 Å². The molecule has 8 heteroatoms. The number of nitrogens with zero attached hydrogens (tertiary/aromatic N) is 5. The normalized spacial score (nSPS) is 19.4. The number of fused-ring (bicyclic) bond motifs is 4. The van der Waals surface area contributed by atoms with Crippen molar-refractivity contribution in [2.45, 2.75) is 32.2 Å². The van der Waals surface area contributed by atoms with Gasteiger partial charge in [0.05, 0.1) is 10.9 Å². The summed E-state index contributed by atoms with van der Waals surface area (Å²) in [6, 6.07) is 11.3. The molecule has 1 aliphatic heterocycles. The van der Waals surface area contributed by atoms with E-state index in [1.165, 1.54) is 23.8 Å². The largest absolute Gasteiger partial charge is 0.355 e. The van der Waals surface area contributed by atoms with Crippen molar-refractivity contribution < 1.29 is 4.39 Å². The molecule has 2 unspecified atom stereocenters. The maximum absolute atomic E-state index is 16.6. The van der Waals surface area contributed by atoms with Gasteiger partial charge < -0.3 is 9.80 Å². The van der Waals surface area contributed by atoms with Crippen molar-refractivity contribution >= 4 is 39.1 Å². The molecule has 6 nitrogen and oxygen atoms in total. The molecular weight excluding hydrogens is 489 g/mol. The highest BCUT2D eigenvalue weighted by Crippen LogP contribution is 2.40. The molecule has 0 spiro atoms. The van der Waals surface area contributed by atoms with Crippen LogP contribution >= 0.6 is 11.6 Å². The minimum atomic E-state index is -0.504. The average Bonchev–Trinajstić information content (AvgIpc) is 3.22. The molecule has 1 aliphatic carbocycles. The predicted octanol–water partition coefficient (Wildman–Crippen LogP) is 5.59. The van der Waals surface area contributed by atoms with Crippen LogP contribution in [0.25, 0.3) is 32.9 Å². The van der Waals surface area contributed by atoms with Crippen LogP contribution in [0.4, 0.5) is 10.2 Å². The Hall–Kier alpha value is -3.03. The fourth-order valence-corrected chi connectivity index (χ4v) is 6.55. The number of hydrogen-bond acceptors (Lipinski definition) is 5. The third-order valence-corrected chi connectivity index (χ3v) is 8.25. The van der Waals surface area contributed by atoms with E-state index in [4.69, 9.17) is 11.6 Å². The van der Waals surface area contributed by atoms with Crippen molar-refractivity contribution in [3.05, 3.63) is 63.9 Å². The van der Waals surface area contributed by atoms with E-state index < -0.39 is 11.5 Å². The number of benzene rings is 2. The molecule has 2 aromatic carbocycles. The molecule has 0 radical (unpaired) electrons. The topological polar surface area (TPSA) is 54.3 Å². The first-order chi connectivity index (χ1) is 17.9. The number of aromatic nitrogens is 3. The number of halogens is 2. The van der Waals surface area contributed by atoms with Crippen LogP contribution in [0.15, 0.2) is 47.4 Å². The maximum atomic E-state index is 16.6. The fourth-order valence-electron chi connectivity index (χ4n) is 6.27. The predicted molar refractivity (Wildman–Crippen MR) is 148 cm³/mol. The molecule has 2 atom stereocenters. The molecule has 4 aromatic rings. The Morgan fingerprint density at radius 3 is 2.57 bits per heavy atom. The highest BCUT2D eigenvalue weighted by Gasteiger charge is 2.35. The summed E-state index contributed by atoms with van der Waals surface area (Å²) in [5, 5.41) is 2.80. The van der Waals surface area contributed by atoms with E-state index in [1.54, 1.807) is 12.3 Å². The molecule has 1 saturated heterocycles. The Labute approximate surface area is 220 Å². The van der Waals surface area contributed by atoms with Crippen LogP contribution < -0.4 is 10.6 Å². The van der Waals surface area contributed by atoms with Gasteiger partial charge >= 0.3 is 5.69 Å². The Morgan fingerprint density at radius 1 is 1.11 bits per heavy atom. The van der Waals surface area contributed by atoms with E-state index in [0.717, 1.165) is 30.4 Å². The molecule has 0 N–H and O–H groups in total. The monoisotopic (exact) mass is 519 g/mol. The first kappa shape index (κ1) is 24.3.